The minimum Gasteiger partial charge on any atom is -0.434 e. The Morgan fingerprint density at radius 1 is 1.41 bits per heavy atom. The highest BCUT2D eigenvalue weighted by Crippen LogP contribution is 2.07. The highest BCUT2D eigenvalue weighted by Gasteiger charge is 2.13. The van der Waals surface area contributed by atoms with Gasteiger partial charge < -0.3 is 9.47 Å². The maximum atomic E-state index is 10.6. The summed E-state index contributed by atoms with van der Waals surface area (Å²) in [4.78, 5) is 10.6. The molecule has 0 unspecified atom stereocenters. The van der Waals surface area contributed by atoms with E-state index in [1.54, 1.807) is 0 Å². The van der Waals surface area contributed by atoms with Crippen LogP contribution in [0.4, 0.5) is 4.79 Å². The highest BCUT2D eigenvalue weighted by atomic mass is 28.3. The number of ether oxygens (including phenoxy) is 2. The molecular formula is C11H26N2O3Si. The first-order chi connectivity index (χ1) is 7.72. The van der Waals surface area contributed by atoms with Crippen molar-refractivity contribution in [1.29, 1.82) is 0 Å². The van der Waals surface area contributed by atoms with Crippen LogP contribution in [0.5, 0.6) is 0 Å². The van der Waals surface area contributed by atoms with Gasteiger partial charge >= 0.3 is 6.16 Å². The van der Waals surface area contributed by atoms with E-state index in [0.29, 0.717) is 6.61 Å². The molecule has 0 aliphatic heterocycles. The lowest BCUT2D eigenvalue weighted by atomic mass is 10.8. The number of rotatable bonds is 5. The molecule has 0 aromatic rings. The first kappa shape index (κ1) is 18.5. The van der Waals surface area contributed by atoms with Crippen LogP contribution in [0.15, 0.2) is 12.8 Å². The Hall–Kier alpha value is -0.853. The van der Waals surface area contributed by atoms with Gasteiger partial charge in [0.15, 0.2) is 0 Å². The summed E-state index contributed by atoms with van der Waals surface area (Å²) in [7, 11) is 4.66. The third kappa shape index (κ3) is 21.1. The fraction of sp³-hybridized carbons (Fsp3) is 0.727. The van der Waals surface area contributed by atoms with Gasteiger partial charge in [0.2, 0.25) is 0 Å². The summed E-state index contributed by atoms with van der Waals surface area (Å²) in [5.74, 6) is 0. The maximum absolute atomic E-state index is 10.6. The molecule has 0 aliphatic carbocycles. The molecule has 1 N–H and O–H groups in total. The number of nitrogens with one attached hydrogen (secondary N) is 1. The molecule has 6 heteroatoms. The quantitative estimate of drug-likeness (QED) is 0.356. The summed E-state index contributed by atoms with van der Waals surface area (Å²) < 4.78 is 9.14. The van der Waals surface area contributed by atoms with Gasteiger partial charge in [0.25, 0.3) is 0 Å². The third-order valence-electron chi connectivity index (χ3n) is 1.70. The zero-order valence-corrected chi connectivity index (χ0v) is 12.9. The van der Waals surface area contributed by atoms with Crippen LogP contribution in [0.25, 0.3) is 0 Å². The predicted molar refractivity (Wildman–Crippen MR) is 73.5 cm³/mol. The van der Waals surface area contributed by atoms with Crippen LogP contribution in [0.3, 0.4) is 0 Å². The van der Waals surface area contributed by atoms with E-state index in [9.17, 15) is 4.79 Å². The van der Waals surface area contributed by atoms with Gasteiger partial charge in [-0.25, -0.2) is 4.79 Å². The van der Waals surface area contributed by atoms with Crippen molar-refractivity contribution in [3.05, 3.63) is 12.8 Å². The van der Waals surface area contributed by atoms with Gasteiger partial charge in [-0.2, -0.15) is 0 Å². The van der Waals surface area contributed by atoms with Crippen molar-refractivity contribution in [3.8, 4) is 0 Å². The van der Waals surface area contributed by atoms with Gasteiger partial charge in [-0.15, -0.1) is 0 Å². The van der Waals surface area contributed by atoms with E-state index in [1.165, 1.54) is 0 Å². The summed E-state index contributed by atoms with van der Waals surface area (Å²) in [6.45, 7) is 10.3. The van der Waals surface area contributed by atoms with Gasteiger partial charge in [-0.1, -0.05) is 26.2 Å². The fourth-order valence-corrected chi connectivity index (χ4v) is 1.26. The van der Waals surface area contributed by atoms with Crippen molar-refractivity contribution in [2.24, 2.45) is 0 Å². The first-order valence-electron chi connectivity index (χ1n) is 5.52. The second-order valence-corrected chi connectivity index (χ2v) is 10.4. The number of carbonyl (C=O) groups excluding carboxylic acids is 1. The minimum absolute atomic E-state index is 0.447. The highest BCUT2D eigenvalue weighted by molar-refractivity contribution is 6.76. The van der Waals surface area contributed by atoms with E-state index >= 15 is 0 Å². The Morgan fingerprint density at radius 3 is 2.18 bits per heavy atom. The molecule has 0 aliphatic rings. The Balaban J connectivity index is 0. The molecule has 5 nitrogen and oxygen atoms in total. The van der Waals surface area contributed by atoms with Crippen molar-refractivity contribution in [3.63, 3.8) is 0 Å². The van der Waals surface area contributed by atoms with Crippen molar-refractivity contribution in [1.82, 2.24) is 10.4 Å². The van der Waals surface area contributed by atoms with Crippen LogP contribution in [0, 0.1) is 0 Å². The summed E-state index contributed by atoms with van der Waals surface area (Å²) >= 11 is 0. The predicted octanol–water partition coefficient (Wildman–Crippen LogP) is 2.30. The number of hydrogen-bond acceptors (Lipinski definition) is 5. The van der Waals surface area contributed by atoms with Crippen molar-refractivity contribution in [2.75, 3.05) is 27.7 Å². The van der Waals surface area contributed by atoms with Crippen molar-refractivity contribution in [2.45, 2.75) is 25.7 Å². The van der Waals surface area contributed by atoms with E-state index in [4.69, 9.17) is 4.74 Å². The van der Waals surface area contributed by atoms with Crippen LogP contribution in [-0.4, -0.2) is 47.0 Å². The Labute approximate surface area is 106 Å². The molecule has 0 bridgehead atoms. The van der Waals surface area contributed by atoms with E-state index < -0.39 is 14.2 Å². The zero-order valence-electron chi connectivity index (χ0n) is 11.9. The summed E-state index contributed by atoms with van der Waals surface area (Å²) in [6, 6.07) is 0.958. The molecular weight excluding hydrogens is 236 g/mol. The standard InChI is InChI=1S/C8H16O3Si.C3H10N2/c1-5-10-8(9)11-6-7-12(2,3)4;1-4-5(2)3/h5H,1,6-7H2,2-4H3;4H,1-3H3. The normalized spacial score (nSPS) is 10.3. The lowest BCUT2D eigenvalue weighted by molar-refractivity contribution is 0.0894. The third-order valence-corrected chi connectivity index (χ3v) is 3.40. The minimum atomic E-state index is -1.11. The lowest BCUT2D eigenvalue weighted by Crippen LogP contribution is -2.25. The van der Waals surface area contributed by atoms with Crippen molar-refractivity contribution < 1.29 is 14.3 Å². The molecule has 0 atom stereocenters. The van der Waals surface area contributed by atoms with Crippen LogP contribution in [0.2, 0.25) is 25.7 Å². The van der Waals surface area contributed by atoms with Crippen LogP contribution < -0.4 is 5.43 Å². The van der Waals surface area contributed by atoms with Crippen LogP contribution >= 0.6 is 0 Å². The number of carbonyl (C=O) groups is 1. The molecule has 0 saturated carbocycles. The molecule has 17 heavy (non-hydrogen) atoms. The molecule has 0 amide bonds. The number of nitrogens with zero attached hydrogens (tertiary/aromatic N) is 1. The number of hydrazine groups is 1. The van der Waals surface area contributed by atoms with Gasteiger partial charge in [0.1, 0.15) is 0 Å². The lowest BCUT2D eigenvalue weighted by Gasteiger charge is -2.14. The Morgan fingerprint density at radius 2 is 1.88 bits per heavy atom. The second-order valence-electron chi connectivity index (χ2n) is 4.81. The van der Waals surface area contributed by atoms with E-state index in [-0.39, 0.29) is 0 Å². The van der Waals surface area contributed by atoms with Gasteiger partial charge in [0.05, 0.1) is 12.9 Å². The Bertz CT molecular complexity index is 215. The average molecular weight is 262 g/mol. The van der Waals surface area contributed by atoms with E-state index in [2.05, 4.69) is 36.4 Å². The molecule has 102 valence electrons. The smallest absolute Gasteiger partial charge is 0.434 e. The van der Waals surface area contributed by atoms with Gasteiger partial charge in [-0.3, -0.25) is 10.4 Å². The van der Waals surface area contributed by atoms with Gasteiger partial charge in [0, 0.05) is 22.2 Å². The summed E-state index contributed by atoms with van der Waals surface area (Å²) in [5, 5.41) is 1.88. The van der Waals surface area contributed by atoms with Gasteiger partial charge in [-0.05, 0) is 13.1 Å². The molecule has 0 heterocycles. The average Bonchev–Trinajstić information content (AvgIpc) is 2.17. The maximum Gasteiger partial charge on any atom is 0.513 e. The van der Waals surface area contributed by atoms with E-state index in [1.807, 2.05) is 26.2 Å². The molecule has 0 spiro atoms. The molecule has 0 aromatic carbocycles. The van der Waals surface area contributed by atoms with Crippen LogP contribution in [-0.2, 0) is 9.47 Å². The fourth-order valence-electron chi connectivity index (χ4n) is 0.543. The van der Waals surface area contributed by atoms with Crippen molar-refractivity contribution >= 4 is 14.2 Å². The van der Waals surface area contributed by atoms with Crippen LogP contribution in [0.1, 0.15) is 0 Å². The first-order valence-corrected chi connectivity index (χ1v) is 9.22. The summed E-state index contributed by atoms with van der Waals surface area (Å²) in [6.07, 6.45) is 0.403. The molecule has 0 rings (SSSR count). The second kappa shape index (κ2) is 10.3. The Kier molecular flexibility index (Phi) is 11.2. The zero-order chi connectivity index (χ0) is 13.9. The molecule has 0 radical (unpaired) electrons. The molecule has 0 saturated heterocycles. The largest absolute Gasteiger partial charge is 0.513 e. The van der Waals surface area contributed by atoms with E-state index in [0.717, 1.165) is 12.3 Å². The monoisotopic (exact) mass is 262 g/mol. The number of hydrogen-bond donors (Lipinski definition) is 1. The molecule has 0 fully saturated rings. The topological polar surface area (TPSA) is 50.8 Å². The SMILES string of the molecule is C=COC(=O)OCC[Si](C)(C)C.CNN(C)C. The molecule has 0 aromatic heterocycles. The summed E-state index contributed by atoms with van der Waals surface area (Å²) in [5.41, 5.74) is 2.86.